The Morgan fingerprint density at radius 2 is 1.56 bits per heavy atom. The minimum absolute atomic E-state index is 0.0372. The SMILES string of the molecule is COCCCOc1cc(COC2CN(C(=O)C(N)C(C)C)CC(O)C2c2ccc(OCCCOCc3ccccc3OC)cc2)ccc1OC. The highest BCUT2D eigenvalue weighted by Gasteiger charge is 2.40. The van der Waals surface area contributed by atoms with Crippen LogP contribution in [-0.2, 0) is 32.2 Å². The van der Waals surface area contributed by atoms with E-state index in [0.29, 0.717) is 51.1 Å². The van der Waals surface area contributed by atoms with Gasteiger partial charge in [0.05, 0.1) is 65.5 Å². The van der Waals surface area contributed by atoms with Gasteiger partial charge in [0.15, 0.2) is 11.5 Å². The first-order valence-corrected chi connectivity index (χ1v) is 17.3. The Morgan fingerprint density at radius 3 is 2.28 bits per heavy atom. The first kappa shape index (κ1) is 38.9. The molecule has 4 unspecified atom stereocenters. The van der Waals surface area contributed by atoms with E-state index in [4.69, 9.17) is 38.9 Å². The largest absolute Gasteiger partial charge is 0.496 e. The Balaban J connectivity index is 1.39. The van der Waals surface area contributed by atoms with Gasteiger partial charge in [-0.2, -0.15) is 0 Å². The van der Waals surface area contributed by atoms with Gasteiger partial charge in [-0.1, -0.05) is 50.2 Å². The Labute approximate surface area is 296 Å². The number of methoxy groups -OCH3 is 3. The normalized spacial score (nSPS) is 18.2. The molecule has 0 saturated carbocycles. The lowest BCUT2D eigenvalue weighted by Gasteiger charge is -2.43. The second kappa shape index (κ2) is 20.1. The van der Waals surface area contributed by atoms with Crippen LogP contribution in [0, 0.1) is 5.92 Å². The first-order valence-electron chi connectivity index (χ1n) is 17.3. The van der Waals surface area contributed by atoms with Crippen molar-refractivity contribution in [1.29, 1.82) is 0 Å². The molecule has 0 radical (unpaired) electrons. The number of carbonyl (C=O) groups is 1. The number of hydrogen-bond acceptors (Lipinski definition) is 10. The molecule has 1 aliphatic rings. The Hall–Kier alpha value is -3.87. The quantitative estimate of drug-likeness (QED) is 0.157. The number of para-hydroxylation sites is 1. The maximum Gasteiger partial charge on any atom is 0.239 e. The summed E-state index contributed by atoms with van der Waals surface area (Å²) in [7, 11) is 4.91. The van der Waals surface area contributed by atoms with E-state index in [2.05, 4.69) is 0 Å². The van der Waals surface area contributed by atoms with Crippen LogP contribution in [0.3, 0.4) is 0 Å². The fourth-order valence-electron chi connectivity index (χ4n) is 5.92. The van der Waals surface area contributed by atoms with Crippen LogP contribution < -0.4 is 24.7 Å². The van der Waals surface area contributed by atoms with Crippen LogP contribution in [0.25, 0.3) is 0 Å². The molecule has 274 valence electrons. The molecular weight excluding hydrogens is 640 g/mol. The molecule has 1 aliphatic heterocycles. The number of hydrogen-bond donors (Lipinski definition) is 2. The number of amides is 1. The van der Waals surface area contributed by atoms with Gasteiger partial charge in [-0.15, -0.1) is 0 Å². The number of β-amino-alcohol motifs (C(OH)–C–C–N with tert-alkyl or cyclic N) is 1. The summed E-state index contributed by atoms with van der Waals surface area (Å²) in [6.07, 6.45) is 0.108. The predicted molar refractivity (Wildman–Crippen MR) is 191 cm³/mol. The number of nitrogens with zero attached hydrogens (tertiary/aromatic N) is 1. The monoisotopic (exact) mass is 694 g/mol. The van der Waals surface area contributed by atoms with Gasteiger partial charge in [0.1, 0.15) is 11.5 Å². The number of likely N-dealkylation sites (tertiary alicyclic amines) is 1. The average molecular weight is 695 g/mol. The van der Waals surface area contributed by atoms with E-state index in [0.717, 1.165) is 41.0 Å². The summed E-state index contributed by atoms with van der Waals surface area (Å²) in [4.78, 5) is 14.9. The van der Waals surface area contributed by atoms with Crippen molar-refractivity contribution in [3.63, 3.8) is 0 Å². The van der Waals surface area contributed by atoms with Gasteiger partial charge in [0.25, 0.3) is 0 Å². The molecule has 11 nitrogen and oxygen atoms in total. The van der Waals surface area contributed by atoms with Crippen molar-refractivity contribution in [3.05, 3.63) is 83.4 Å². The van der Waals surface area contributed by atoms with E-state index in [-0.39, 0.29) is 30.9 Å². The third-order valence-corrected chi connectivity index (χ3v) is 8.80. The molecule has 0 aliphatic carbocycles. The molecule has 0 spiro atoms. The number of aliphatic hydroxyl groups is 1. The minimum atomic E-state index is -0.861. The molecule has 3 N–H and O–H groups in total. The van der Waals surface area contributed by atoms with Crippen LogP contribution in [0.2, 0.25) is 0 Å². The number of ether oxygens (including phenoxy) is 7. The second-order valence-electron chi connectivity index (χ2n) is 12.8. The molecular formula is C39H54N2O9. The highest BCUT2D eigenvalue weighted by Crippen LogP contribution is 2.34. The molecule has 1 saturated heterocycles. The van der Waals surface area contributed by atoms with Crippen LogP contribution in [-0.4, -0.2) is 95.0 Å². The summed E-state index contributed by atoms with van der Waals surface area (Å²) in [5, 5.41) is 11.5. The number of rotatable bonds is 20. The molecule has 4 rings (SSSR count). The Kier molecular flexibility index (Phi) is 15.6. The molecule has 1 amide bonds. The number of nitrogens with two attached hydrogens (primary N) is 1. The predicted octanol–water partition coefficient (Wildman–Crippen LogP) is 4.96. The van der Waals surface area contributed by atoms with E-state index < -0.39 is 18.2 Å². The molecule has 3 aromatic carbocycles. The van der Waals surface area contributed by atoms with E-state index >= 15 is 0 Å². The Morgan fingerprint density at radius 1 is 0.840 bits per heavy atom. The molecule has 1 heterocycles. The fraction of sp³-hybridized carbons (Fsp3) is 0.513. The summed E-state index contributed by atoms with van der Waals surface area (Å²) in [5.74, 6) is 2.16. The van der Waals surface area contributed by atoms with E-state index in [9.17, 15) is 9.90 Å². The highest BCUT2D eigenvalue weighted by atomic mass is 16.5. The third-order valence-electron chi connectivity index (χ3n) is 8.80. The van der Waals surface area contributed by atoms with Crippen molar-refractivity contribution in [1.82, 2.24) is 4.90 Å². The maximum absolute atomic E-state index is 13.3. The zero-order valence-corrected chi connectivity index (χ0v) is 30.0. The number of carbonyl (C=O) groups excluding carboxylic acids is 1. The summed E-state index contributed by atoms with van der Waals surface area (Å²) < 4.78 is 40.3. The van der Waals surface area contributed by atoms with Gasteiger partial charge in [0.2, 0.25) is 5.91 Å². The summed E-state index contributed by atoms with van der Waals surface area (Å²) >= 11 is 0. The van der Waals surface area contributed by atoms with Gasteiger partial charge >= 0.3 is 0 Å². The van der Waals surface area contributed by atoms with Crippen molar-refractivity contribution in [2.24, 2.45) is 11.7 Å². The molecule has 50 heavy (non-hydrogen) atoms. The van der Waals surface area contributed by atoms with E-state index in [1.54, 1.807) is 26.2 Å². The van der Waals surface area contributed by atoms with Crippen LogP contribution in [0.4, 0.5) is 0 Å². The lowest BCUT2D eigenvalue weighted by Crippen LogP contribution is -2.57. The average Bonchev–Trinajstić information content (AvgIpc) is 3.13. The van der Waals surface area contributed by atoms with Gasteiger partial charge in [-0.05, 0) is 47.4 Å². The standard InChI is InChI=1S/C39H54N2O9/c1-27(2)38(40)39(43)41-23-32(42)37(36(24-41)50-25-28-12-17-34(46-5)35(22-28)49-21-8-18-44-3)29-13-15-31(16-14-29)48-20-9-19-47-26-30-10-6-7-11-33(30)45-4/h6-7,10-17,22,27,32,36-38,42H,8-9,18-21,23-26,40H2,1-5H3. The summed E-state index contributed by atoms with van der Waals surface area (Å²) in [6, 6.07) is 20.5. The van der Waals surface area contributed by atoms with Crippen molar-refractivity contribution < 1.29 is 43.1 Å². The lowest BCUT2D eigenvalue weighted by molar-refractivity contribution is -0.144. The molecule has 0 aromatic heterocycles. The minimum Gasteiger partial charge on any atom is -0.496 e. The van der Waals surface area contributed by atoms with Crippen molar-refractivity contribution in [2.75, 3.05) is 60.8 Å². The van der Waals surface area contributed by atoms with Crippen molar-refractivity contribution >= 4 is 5.91 Å². The van der Waals surface area contributed by atoms with Gasteiger partial charge in [0, 0.05) is 51.1 Å². The third kappa shape index (κ3) is 11.1. The molecule has 0 bridgehead atoms. The molecule has 1 fully saturated rings. The van der Waals surface area contributed by atoms with Crippen LogP contribution in [0.1, 0.15) is 49.3 Å². The lowest BCUT2D eigenvalue weighted by atomic mass is 9.84. The molecule has 3 aromatic rings. The zero-order chi connectivity index (χ0) is 35.9. The number of aliphatic hydroxyl groups excluding tert-OH is 1. The van der Waals surface area contributed by atoms with Gasteiger partial charge < -0.3 is 48.9 Å². The number of benzene rings is 3. The van der Waals surface area contributed by atoms with Crippen molar-refractivity contribution in [2.45, 2.75) is 64.1 Å². The van der Waals surface area contributed by atoms with Gasteiger partial charge in [-0.3, -0.25) is 4.79 Å². The smallest absolute Gasteiger partial charge is 0.239 e. The topological polar surface area (TPSA) is 131 Å². The van der Waals surface area contributed by atoms with Crippen LogP contribution in [0.15, 0.2) is 66.7 Å². The highest BCUT2D eigenvalue weighted by molar-refractivity contribution is 5.82. The van der Waals surface area contributed by atoms with E-state index in [1.807, 2.05) is 80.6 Å². The second-order valence-corrected chi connectivity index (χ2v) is 12.8. The summed E-state index contributed by atoms with van der Waals surface area (Å²) in [6.45, 7) is 7.13. The Bertz CT molecular complexity index is 1450. The summed E-state index contributed by atoms with van der Waals surface area (Å²) in [5.41, 5.74) is 9.02. The number of piperidine rings is 1. The zero-order valence-electron chi connectivity index (χ0n) is 30.0. The van der Waals surface area contributed by atoms with Crippen molar-refractivity contribution in [3.8, 4) is 23.0 Å². The molecule has 4 atom stereocenters. The fourth-order valence-corrected chi connectivity index (χ4v) is 5.92. The molecule has 11 heteroatoms. The van der Waals surface area contributed by atoms with Gasteiger partial charge in [-0.25, -0.2) is 0 Å². The maximum atomic E-state index is 13.3. The first-order chi connectivity index (χ1) is 24.2. The van der Waals surface area contributed by atoms with Crippen LogP contribution >= 0.6 is 0 Å². The van der Waals surface area contributed by atoms with Crippen LogP contribution in [0.5, 0.6) is 23.0 Å². The van der Waals surface area contributed by atoms with E-state index in [1.165, 1.54) is 0 Å².